The maximum absolute atomic E-state index is 6.60. The molecule has 2 N–H and O–H groups in total. The van der Waals surface area contributed by atoms with E-state index in [4.69, 9.17) is 5.73 Å². The molecule has 10 rings (SSSR count). The average Bonchev–Trinajstić information content (AvgIpc) is 3.76. The first-order chi connectivity index (χ1) is 25.7. The van der Waals surface area contributed by atoms with Gasteiger partial charge >= 0.3 is 0 Å². The Morgan fingerprint density at radius 1 is 0.519 bits per heavy atom. The van der Waals surface area contributed by atoms with E-state index in [1.165, 1.54) is 69.1 Å². The highest BCUT2D eigenvalue weighted by molar-refractivity contribution is 7.26. The summed E-state index contributed by atoms with van der Waals surface area (Å²) < 4.78 is 5.13. The predicted octanol–water partition coefficient (Wildman–Crippen LogP) is 13.1. The SMILES string of the molecule is N/C(=C\C(=C/Cc1ccc(-n2c3ccccc3c3ccc4c(ccc5ccc6sc7ccccc7c6c54)c32)cc1)c1ccccc1)c1ccccc1. The number of hydrogen-bond donors (Lipinski definition) is 1. The number of rotatable bonds is 6. The molecule has 8 aromatic carbocycles. The van der Waals surface area contributed by atoms with Crippen molar-refractivity contribution in [3.63, 3.8) is 0 Å². The number of nitrogens with two attached hydrogens (primary N) is 1. The lowest BCUT2D eigenvalue weighted by molar-refractivity contribution is 1.17. The van der Waals surface area contributed by atoms with Crippen LogP contribution in [0.2, 0.25) is 0 Å². The third-order valence-corrected chi connectivity index (χ3v) is 11.6. The lowest BCUT2D eigenvalue weighted by atomic mass is 9.96. The smallest absolute Gasteiger partial charge is 0.0619 e. The van der Waals surface area contributed by atoms with Crippen LogP contribution in [0.15, 0.2) is 182 Å². The van der Waals surface area contributed by atoms with Crippen LogP contribution in [-0.4, -0.2) is 4.57 Å². The quantitative estimate of drug-likeness (QED) is 0.137. The summed E-state index contributed by atoms with van der Waals surface area (Å²) in [5, 5.41) is 10.4. The van der Waals surface area contributed by atoms with E-state index in [9.17, 15) is 0 Å². The summed E-state index contributed by atoms with van der Waals surface area (Å²) in [5.41, 5.74) is 15.5. The number of thiophene rings is 1. The normalized spacial score (nSPS) is 12.6. The number of allylic oxidation sites excluding steroid dienone is 3. The minimum atomic E-state index is 0.755. The molecule has 0 radical (unpaired) electrons. The van der Waals surface area contributed by atoms with Crippen molar-refractivity contribution in [3.05, 3.63) is 199 Å². The van der Waals surface area contributed by atoms with Crippen LogP contribution in [-0.2, 0) is 6.42 Å². The second-order valence-corrected chi connectivity index (χ2v) is 14.6. The fourth-order valence-electron chi connectivity index (χ4n) is 7.95. The van der Waals surface area contributed by atoms with Crippen LogP contribution in [0.5, 0.6) is 0 Å². The molecule has 2 nitrogen and oxygen atoms in total. The minimum absolute atomic E-state index is 0.755. The largest absolute Gasteiger partial charge is 0.398 e. The number of hydrogen-bond acceptors (Lipinski definition) is 2. The van der Waals surface area contributed by atoms with E-state index < -0.39 is 0 Å². The average molecular weight is 683 g/mol. The molecule has 52 heavy (non-hydrogen) atoms. The van der Waals surface area contributed by atoms with E-state index in [0.29, 0.717) is 0 Å². The Balaban J connectivity index is 1.11. The van der Waals surface area contributed by atoms with Gasteiger partial charge in [0.1, 0.15) is 0 Å². The highest BCUT2D eigenvalue weighted by Gasteiger charge is 2.18. The van der Waals surface area contributed by atoms with E-state index in [2.05, 4.69) is 168 Å². The molecule has 0 bridgehead atoms. The highest BCUT2D eigenvalue weighted by atomic mass is 32.1. The fraction of sp³-hybridized carbons (Fsp3) is 0.0204. The minimum Gasteiger partial charge on any atom is -0.398 e. The van der Waals surface area contributed by atoms with Gasteiger partial charge in [0, 0.05) is 47.7 Å². The summed E-state index contributed by atoms with van der Waals surface area (Å²) in [7, 11) is 0. The van der Waals surface area contributed by atoms with Crippen LogP contribution in [0.3, 0.4) is 0 Å². The van der Waals surface area contributed by atoms with E-state index >= 15 is 0 Å². The van der Waals surface area contributed by atoms with Gasteiger partial charge in [0.15, 0.2) is 0 Å². The third kappa shape index (κ3) is 5.01. The van der Waals surface area contributed by atoms with Crippen molar-refractivity contribution in [1.82, 2.24) is 4.57 Å². The van der Waals surface area contributed by atoms with Gasteiger partial charge in [0.05, 0.1) is 11.0 Å². The molecule has 0 saturated heterocycles. The van der Waals surface area contributed by atoms with Crippen LogP contribution in [0.4, 0.5) is 0 Å². The Morgan fingerprint density at radius 3 is 1.96 bits per heavy atom. The molecule has 0 aliphatic heterocycles. The fourth-order valence-corrected chi connectivity index (χ4v) is 9.07. The number of benzene rings is 8. The summed E-state index contributed by atoms with van der Waals surface area (Å²) in [4.78, 5) is 0. The van der Waals surface area contributed by atoms with Crippen LogP contribution in [0.1, 0.15) is 16.7 Å². The zero-order valence-corrected chi connectivity index (χ0v) is 29.3. The molecule has 0 aliphatic carbocycles. The maximum atomic E-state index is 6.60. The van der Waals surface area contributed by atoms with Gasteiger partial charge in [-0.15, -0.1) is 11.3 Å². The van der Waals surface area contributed by atoms with Gasteiger partial charge in [-0.2, -0.15) is 0 Å². The van der Waals surface area contributed by atoms with Gasteiger partial charge in [-0.25, -0.2) is 0 Å². The van der Waals surface area contributed by atoms with E-state index in [-0.39, 0.29) is 0 Å². The van der Waals surface area contributed by atoms with Crippen LogP contribution < -0.4 is 5.73 Å². The second-order valence-electron chi connectivity index (χ2n) is 13.5. The Labute approximate surface area is 306 Å². The molecular weight excluding hydrogens is 649 g/mol. The first-order valence-electron chi connectivity index (χ1n) is 17.8. The molecule has 0 amide bonds. The number of fused-ring (bicyclic) bond motifs is 11. The predicted molar refractivity (Wildman–Crippen MR) is 225 cm³/mol. The van der Waals surface area contributed by atoms with Gasteiger partial charge in [-0.05, 0) is 81.3 Å². The Kier molecular flexibility index (Phi) is 7.26. The summed E-state index contributed by atoms with van der Waals surface area (Å²) in [6, 6.07) is 61.3. The molecule has 2 heterocycles. The second kappa shape index (κ2) is 12.4. The molecule has 0 saturated carbocycles. The number of para-hydroxylation sites is 1. The van der Waals surface area contributed by atoms with Crippen LogP contribution in [0.25, 0.3) is 80.5 Å². The van der Waals surface area contributed by atoms with E-state index in [1.807, 2.05) is 29.5 Å². The van der Waals surface area contributed by atoms with Crippen molar-refractivity contribution >= 4 is 86.1 Å². The van der Waals surface area contributed by atoms with Gasteiger partial charge in [0.2, 0.25) is 0 Å². The Hall–Kier alpha value is -6.42. The molecule has 246 valence electrons. The molecule has 3 heteroatoms. The molecule has 0 spiro atoms. The van der Waals surface area contributed by atoms with Crippen molar-refractivity contribution in [3.8, 4) is 5.69 Å². The lowest BCUT2D eigenvalue weighted by Crippen LogP contribution is -1.97. The third-order valence-electron chi connectivity index (χ3n) is 10.4. The summed E-state index contributed by atoms with van der Waals surface area (Å²) in [6.07, 6.45) is 5.17. The van der Waals surface area contributed by atoms with Crippen molar-refractivity contribution < 1.29 is 0 Å². The molecule has 0 fully saturated rings. The Morgan fingerprint density at radius 2 is 1.15 bits per heavy atom. The van der Waals surface area contributed by atoms with E-state index in [1.54, 1.807) is 0 Å². The first-order valence-corrected chi connectivity index (χ1v) is 18.6. The van der Waals surface area contributed by atoms with Crippen LogP contribution in [0, 0.1) is 0 Å². The summed E-state index contributed by atoms with van der Waals surface area (Å²) in [6.45, 7) is 0. The topological polar surface area (TPSA) is 30.9 Å². The Bertz CT molecular complexity index is 3020. The van der Waals surface area contributed by atoms with Gasteiger partial charge < -0.3 is 10.3 Å². The molecule has 10 aromatic rings. The van der Waals surface area contributed by atoms with Crippen LogP contribution >= 0.6 is 11.3 Å². The van der Waals surface area contributed by atoms with Gasteiger partial charge in [-0.3, -0.25) is 0 Å². The van der Waals surface area contributed by atoms with Gasteiger partial charge in [-0.1, -0.05) is 146 Å². The molecule has 2 aromatic heterocycles. The summed E-state index contributed by atoms with van der Waals surface area (Å²) >= 11 is 1.88. The zero-order chi connectivity index (χ0) is 34.6. The molecule has 0 aliphatic rings. The number of aromatic nitrogens is 1. The molecule has 0 atom stereocenters. The zero-order valence-electron chi connectivity index (χ0n) is 28.5. The van der Waals surface area contributed by atoms with E-state index in [0.717, 1.165) is 34.5 Å². The van der Waals surface area contributed by atoms with Gasteiger partial charge in [0.25, 0.3) is 0 Å². The lowest BCUT2D eigenvalue weighted by Gasteiger charge is -2.12. The first kappa shape index (κ1) is 30.4. The standard InChI is InChI=1S/C49H34N2S/c50-43(34-13-5-2-6-14-34)31-36(33-11-3-1-4-12-33)22-19-32-20-25-37(26-21-32)51-44-17-9-7-15-38(44)40-29-28-39-41(49(40)51)27-23-35-24-30-46-48(47(35)39)42-16-8-10-18-45(42)52-46/h1-18,20-31H,19,50H2/b36-22+,43-31-. The van der Waals surface area contributed by atoms with Crippen molar-refractivity contribution in [2.75, 3.05) is 0 Å². The maximum Gasteiger partial charge on any atom is 0.0619 e. The van der Waals surface area contributed by atoms with Crippen molar-refractivity contribution in [2.45, 2.75) is 6.42 Å². The molecular formula is C49H34N2S. The monoisotopic (exact) mass is 682 g/mol. The summed E-state index contributed by atoms with van der Waals surface area (Å²) in [5.74, 6) is 0. The highest BCUT2D eigenvalue weighted by Crippen LogP contribution is 2.44. The van der Waals surface area contributed by atoms with Crippen molar-refractivity contribution in [2.24, 2.45) is 5.73 Å². The number of nitrogens with zero attached hydrogens (tertiary/aromatic N) is 1. The van der Waals surface area contributed by atoms with Crippen molar-refractivity contribution in [1.29, 1.82) is 0 Å². The molecule has 0 unspecified atom stereocenters.